The maximum Gasteiger partial charge on any atom is 0.105 e. The van der Waals surface area contributed by atoms with E-state index in [2.05, 4.69) is 69.2 Å². The molecule has 2 aromatic carbocycles. The molecule has 3 aromatic rings. The summed E-state index contributed by atoms with van der Waals surface area (Å²) < 4.78 is 8.59. The molecule has 0 aliphatic carbocycles. The van der Waals surface area contributed by atoms with Crippen LogP contribution in [0.4, 0.5) is 5.69 Å². The monoisotopic (exact) mass is 352 g/mol. The Labute approximate surface area is 153 Å². The Bertz CT molecular complexity index is 845. The van der Waals surface area contributed by atoms with Crippen LogP contribution < -0.4 is 10.2 Å². The minimum absolute atomic E-state index is 0.589. The van der Waals surface area contributed by atoms with Gasteiger partial charge in [-0.3, -0.25) is 0 Å². The molecule has 5 heteroatoms. The van der Waals surface area contributed by atoms with Gasteiger partial charge in [0.25, 0.3) is 0 Å². The molecule has 1 fully saturated rings. The molecule has 0 saturated carbocycles. The van der Waals surface area contributed by atoms with Gasteiger partial charge < -0.3 is 10.2 Å². The van der Waals surface area contributed by atoms with Gasteiger partial charge in [-0.2, -0.15) is 8.75 Å². The first-order valence-electron chi connectivity index (χ1n) is 8.95. The standard InChI is InChI=1S/C20H24N4S/c1-14-9-15(2)11-18(10-14)24-7-5-17(6-8-24)21-13-16-3-4-19-20(12-16)23-25-22-19/h3-4,9-12,17,21H,5-8,13H2,1-2H3. The van der Waals surface area contributed by atoms with E-state index in [1.165, 1.54) is 46.9 Å². The SMILES string of the molecule is Cc1cc(C)cc(N2CCC(NCc3ccc4nsnc4c3)CC2)c1. The molecule has 4 rings (SSSR count). The van der Waals surface area contributed by atoms with Gasteiger partial charge in [-0.05, 0) is 67.6 Å². The second kappa shape index (κ2) is 7.10. The van der Waals surface area contributed by atoms with Crippen LogP contribution >= 0.6 is 11.7 Å². The molecule has 2 heterocycles. The van der Waals surface area contributed by atoms with Gasteiger partial charge in [-0.15, -0.1) is 0 Å². The van der Waals surface area contributed by atoms with Crippen LogP contribution in [-0.4, -0.2) is 27.9 Å². The molecular weight excluding hydrogens is 328 g/mol. The number of aryl methyl sites for hydroxylation is 2. The highest BCUT2D eigenvalue weighted by Crippen LogP contribution is 2.23. The molecule has 25 heavy (non-hydrogen) atoms. The molecule has 1 aliphatic rings. The molecule has 0 radical (unpaired) electrons. The Balaban J connectivity index is 1.32. The topological polar surface area (TPSA) is 41.0 Å². The summed E-state index contributed by atoms with van der Waals surface area (Å²) in [5.41, 5.74) is 7.36. The quantitative estimate of drug-likeness (QED) is 0.768. The second-order valence-corrected chi connectivity index (χ2v) is 7.60. The summed E-state index contributed by atoms with van der Waals surface area (Å²) in [6, 6.07) is 13.8. The van der Waals surface area contributed by atoms with Crippen LogP contribution in [0.3, 0.4) is 0 Å². The summed E-state index contributed by atoms with van der Waals surface area (Å²) in [5.74, 6) is 0. The van der Waals surface area contributed by atoms with Crippen molar-refractivity contribution in [1.29, 1.82) is 0 Å². The Kier molecular flexibility index (Phi) is 4.68. The molecular formula is C20H24N4S. The number of benzene rings is 2. The van der Waals surface area contributed by atoms with E-state index in [0.29, 0.717) is 6.04 Å². The lowest BCUT2D eigenvalue weighted by atomic mass is 10.0. The van der Waals surface area contributed by atoms with Crippen molar-refractivity contribution >= 4 is 28.4 Å². The van der Waals surface area contributed by atoms with Crippen LogP contribution in [0, 0.1) is 13.8 Å². The molecule has 0 atom stereocenters. The molecule has 0 spiro atoms. The lowest BCUT2D eigenvalue weighted by molar-refractivity contribution is 0.414. The maximum absolute atomic E-state index is 4.33. The zero-order valence-corrected chi connectivity index (χ0v) is 15.6. The van der Waals surface area contributed by atoms with Gasteiger partial charge in [-0.1, -0.05) is 12.1 Å². The Hall–Kier alpha value is -1.98. The first-order valence-corrected chi connectivity index (χ1v) is 9.68. The fourth-order valence-electron chi connectivity index (χ4n) is 3.67. The predicted molar refractivity (Wildman–Crippen MR) is 105 cm³/mol. The van der Waals surface area contributed by atoms with E-state index in [0.717, 1.165) is 30.7 Å². The third kappa shape index (κ3) is 3.83. The molecule has 1 aromatic heterocycles. The van der Waals surface area contributed by atoms with E-state index in [4.69, 9.17) is 0 Å². The van der Waals surface area contributed by atoms with Gasteiger partial charge in [0.2, 0.25) is 0 Å². The summed E-state index contributed by atoms with van der Waals surface area (Å²) in [5, 5.41) is 3.72. The summed E-state index contributed by atoms with van der Waals surface area (Å²) in [4.78, 5) is 2.52. The van der Waals surface area contributed by atoms with Crippen molar-refractivity contribution in [1.82, 2.24) is 14.1 Å². The molecule has 4 nitrogen and oxygen atoms in total. The van der Waals surface area contributed by atoms with Gasteiger partial charge in [-0.25, -0.2) is 0 Å². The predicted octanol–water partition coefficient (Wildman–Crippen LogP) is 4.07. The zero-order chi connectivity index (χ0) is 17.2. The number of hydrogen-bond donors (Lipinski definition) is 1. The summed E-state index contributed by atoms with van der Waals surface area (Å²) in [6.45, 7) is 7.51. The number of piperidine rings is 1. The molecule has 1 aliphatic heterocycles. The van der Waals surface area contributed by atoms with Crippen LogP contribution in [-0.2, 0) is 6.54 Å². The van der Waals surface area contributed by atoms with Crippen LogP contribution in [0.2, 0.25) is 0 Å². The first-order chi connectivity index (χ1) is 12.2. The molecule has 0 bridgehead atoms. The van der Waals surface area contributed by atoms with Gasteiger partial charge >= 0.3 is 0 Å². The van der Waals surface area contributed by atoms with Crippen LogP contribution in [0.15, 0.2) is 36.4 Å². The lowest BCUT2D eigenvalue weighted by Gasteiger charge is -2.34. The largest absolute Gasteiger partial charge is 0.371 e. The third-order valence-electron chi connectivity index (χ3n) is 4.98. The van der Waals surface area contributed by atoms with Crippen molar-refractivity contribution in [3.05, 3.63) is 53.1 Å². The molecule has 0 unspecified atom stereocenters. The summed E-state index contributed by atoms with van der Waals surface area (Å²) in [6.07, 6.45) is 2.38. The normalized spacial score (nSPS) is 15.8. The van der Waals surface area contributed by atoms with E-state index >= 15 is 0 Å². The van der Waals surface area contributed by atoms with E-state index < -0.39 is 0 Å². The molecule has 1 N–H and O–H groups in total. The Morgan fingerprint density at radius 2 is 1.72 bits per heavy atom. The molecule has 1 saturated heterocycles. The zero-order valence-electron chi connectivity index (χ0n) is 14.8. The van der Waals surface area contributed by atoms with Crippen LogP contribution in [0.25, 0.3) is 11.0 Å². The number of hydrogen-bond acceptors (Lipinski definition) is 5. The highest BCUT2D eigenvalue weighted by Gasteiger charge is 2.19. The average Bonchev–Trinajstić information content (AvgIpc) is 3.07. The number of nitrogens with zero attached hydrogens (tertiary/aromatic N) is 3. The van der Waals surface area contributed by atoms with E-state index in [1.807, 2.05) is 0 Å². The van der Waals surface area contributed by atoms with Gasteiger partial charge in [0, 0.05) is 31.4 Å². The van der Waals surface area contributed by atoms with Crippen molar-refractivity contribution in [2.45, 2.75) is 39.3 Å². The van der Waals surface area contributed by atoms with E-state index in [-0.39, 0.29) is 0 Å². The van der Waals surface area contributed by atoms with Crippen LogP contribution in [0.1, 0.15) is 29.5 Å². The Morgan fingerprint density at radius 3 is 2.48 bits per heavy atom. The van der Waals surface area contributed by atoms with Gasteiger partial charge in [0.15, 0.2) is 0 Å². The number of anilines is 1. The summed E-state index contributed by atoms with van der Waals surface area (Å²) in [7, 11) is 0. The number of fused-ring (bicyclic) bond motifs is 1. The molecule has 0 amide bonds. The minimum Gasteiger partial charge on any atom is -0.371 e. The highest BCUT2D eigenvalue weighted by molar-refractivity contribution is 7.00. The van der Waals surface area contributed by atoms with Gasteiger partial charge in [0.1, 0.15) is 11.0 Å². The average molecular weight is 353 g/mol. The smallest absolute Gasteiger partial charge is 0.105 e. The first kappa shape index (κ1) is 16.5. The molecule has 130 valence electrons. The third-order valence-corrected chi connectivity index (χ3v) is 5.54. The van der Waals surface area contributed by atoms with Crippen molar-refractivity contribution in [2.75, 3.05) is 18.0 Å². The minimum atomic E-state index is 0.589. The van der Waals surface area contributed by atoms with Crippen molar-refractivity contribution in [3.8, 4) is 0 Å². The fraction of sp³-hybridized carbons (Fsp3) is 0.400. The fourth-order valence-corrected chi connectivity index (χ4v) is 4.19. The van der Waals surface area contributed by atoms with Crippen molar-refractivity contribution in [2.24, 2.45) is 0 Å². The van der Waals surface area contributed by atoms with Crippen LogP contribution in [0.5, 0.6) is 0 Å². The maximum atomic E-state index is 4.33. The lowest BCUT2D eigenvalue weighted by Crippen LogP contribution is -2.42. The highest BCUT2D eigenvalue weighted by atomic mass is 32.1. The number of nitrogens with one attached hydrogen (secondary N) is 1. The number of aromatic nitrogens is 2. The summed E-state index contributed by atoms with van der Waals surface area (Å²) >= 11 is 1.28. The Morgan fingerprint density at radius 1 is 1.00 bits per heavy atom. The number of rotatable bonds is 4. The van der Waals surface area contributed by atoms with E-state index in [9.17, 15) is 0 Å². The van der Waals surface area contributed by atoms with Crippen molar-refractivity contribution in [3.63, 3.8) is 0 Å². The van der Waals surface area contributed by atoms with Gasteiger partial charge in [0.05, 0.1) is 11.7 Å². The van der Waals surface area contributed by atoms with E-state index in [1.54, 1.807) is 0 Å². The second-order valence-electron chi connectivity index (χ2n) is 7.08. The van der Waals surface area contributed by atoms with Crippen molar-refractivity contribution < 1.29 is 0 Å².